The van der Waals surface area contributed by atoms with Gasteiger partial charge in [-0.3, -0.25) is 0 Å². The standard InChI is InChI=1S/C20H23F2NO/c21-16-9-10-17(19(22)15-16)18-7-2-3-8-20(18)24-14-6-13-23-11-4-1-5-12-23/h2-3,7-10,15H,1,4-6,11-14H2. The van der Waals surface area contributed by atoms with E-state index in [9.17, 15) is 8.78 Å². The topological polar surface area (TPSA) is 12.5 Å². The maximum atomic E-state index is 14.0. The summed E-state index contributed by atoms with van der Waals surface area (Å²) in [7, 11) is 0. The van der Waals surface area contributed by atoms with E-state index in [0.717, 1.165) is 19.0 Å². The van der Waals surface area contributed by atoms with Crippen LogP contribution in [0.15, 0.2) is 42.5 Å². The molecule has 0 unspecified atom stereocenters. The summed E-state index contributed by atoms with van der Waals surface area (Å²) in [5.41, 5.74) is 1.02. The van der Waals surface area contributed by atoms with Crippen LogP contribution < -0.4 is 4.74 Å². The van der Waals surface area contributed by atoms with Crippen LogP contribution in [0, 0.1) is 11.6 Å². The number of hydrogen-bond acceptors (Lipinski definition) is 2. The van der Waals surface area contributed by atoms with E-state index in [1.165, 1.54) is 44.5 Å². The van der Waals surface area contributed by atoms with Gasteiger partial charge in [0.05, 0.1) is 6.61 Å². The van der Waals surface area contributed by atoms with Crippen molar-refractivity contribution >= 4 is 0 Å². The van der Waals surface area contributed by atoms with Gasteiger partial charge in [-0.05, 0) is 50.6 Å². The maximum Gasteiger partial charge on any atom is 0.134 e. The second kappa shape index (κ2) is 8.25. The first kappa shape index (κ1) is 16.9. The Balaban J connectivity index is 1.61. The molecule has 24 heavy (non-hydrogen) atoms. The normalized spacial score (nSPS) is 15.4. The van der Waals surface area contributed by atoms with Crippen LogP contribution >= 0.6 is 0 Å². The number of nitrogens with zero attached hydrogens (tertiary/aromatic N) is 1. The van der Waals surface area contributed by atoms with E-state index in [2.05, 4.69) is 4.90 Å². The first-order chi connectivity index (χ1) is 11.7. The lowest BCUT2D eigenvalue weighted by molar-refractivity contribution is 0.205. The van der Waals surface area contributed by atoms with Gasteiger partial charge in [-0.25, -0.2) is 8.78 Å². The third-order valence-corrected chi connectivity index (χ3v) is 4.43. The highest BCUT2D eigenvalue weighted by molar-refractivity contribution is 5.70. The predicted octanol–water partition coefficient (Wildman–Crippen LogP) is 4.89. The van der Waals surface area contributed by atoms with Crippen LogP contribution in [-0.4, -0.2) is 31.1 Å². The number of piperidine rings is 1. The number of ether oxygens (including phenoxy) is 1. The number of hydrogen-bond donors (Lipinski definition) is 0. The van der Waals surface area contributed by atoms with E-state index in [0.29, 0.717) is 23.5 Å². The fourth-order valence-electron chi connectivity index (χ4n) is 3.18. The van der Waals surface area contributed by atoms with Crippen molar-refractivity contribution in [1.82, 2.24) is 4.90 Å². The second-order valence-corrected chi connectivity index (χ2v) is 6.22. The molecule has 0 radical (unpaired) electrons. The predicted molar refractivity (Wildman–Crippen MR) is 92.2 cm³/mol. The van der Waals surface area contributed by atoms with Crippen molar-refractivity contribution in [2.45, 2.75) is 25.7 Å². The van der Waals surface area contributed by atoms with Crippen LogP contribution in [0.4, 0.5) is 8.78 Å². The van der Waals surface area contributed by atoms with E-state index >= 15 is 0 Å². The van der Waals surface area contributed by atoms with Crippen LogP contribution in [0.25, 0.3) is 11.1 Å². The van der Waals surface area contributed by atoms with Gasteiger partial charge in [0, 0.05) is 23.7 Å². The maximum absolute atomic E-state index is 14.0. The molecule has 2 nitrogen and oxygen atoms in total. The molecule has 1 aliphatic rings. The molecular formula is C20H23F2NO. The Hall–Kier alpha value is -1.94. The molecule has 0 bridgehead atoms. The minimum absolute atomic E-state index is 0.364. The number of likely N-dealkylation sites (tertiary alicyclic amines) is 1. The molecule has 3 rings (SSSR count). The van der Waals surface area contributed by atoms with Gasteiger partial charge in [-0.2, -0.15) is 0 Å². The zero-order chi connectivity index (χ0) is 16.8. The van der Waals surface area contributed by atoms with Crippen molar-refractivity contribution in [2.24, 2.45) is 0 Å². The molecule has 2 aromatic rings. The molecule has 0 amide bonds. The summed E-state index contributed by atoms with van der Waals surface area (Å²) < 4.78 is 33.0. The monoisotopic (exact) mass is 331 g/mol. The zero-order valence-electron chi connectivity index (χ0n) is 13.8. The van der Waals surface area contributed by atoms with Crippen molar-refractivity contribution in [3.05, 3.63) is 54.1 Å². The summed E-state index contributed by atoms with van der Waals surface area (Å²) in [6.07, 6.45) is 4.85. The van der Waals surface area contributed by atoms with Crippen LogP contribution in [0.5, 0.6) is 5.75 Å². The van der Waals surface area contributed by atoms with Crippen molar-refractivity contribution in [3.8, 4) is 16.9 Å². The second-order valence-electron chi connectivity index (χ2n) is 6.22. The Labute approximate surface area is 142 Å². The molecule has 0 N–H and O–H groups in total. The molecule has 0 aliphatic carbocycles. The first-order valence-electron chi connectivity index (χ1n) is 8.63. The van der Waals surface area contributed by atoms with Gasteiger partial charge in [-0.15, -0.1) is 0 Å². The highest BCUT2D eigenvalue weighted by atomic mass is 19.1. The van der Waals surface area contributed by atoms with E-state index in [1.54, 1.807) is 6.07 Å². The van der Waals surface area contributed by atoms with Gasteiger partial charge in [0.25, 0.3) is 0 Å². The Kier molecular flexibility index (Phi) is 5.81. The minimum atomic E-state index is -0.573. The largest absolute Gasteiger partial charge is 0.493 e. The molecule has 0 aromatic heterocycles. The van der Waals surface area contributed by atoms with Crippen molar-refractivity contribution in [3.63, 3.8) is 0 Å². The Morgan fingerprint density at radius 2 is 1.71 bits per heavy atom. The summed E-state index contributed by atoms with van der Waals surface area (Å²) in [4.78, 5) is 2.47. The molecule has 1 fully saturated rings. The zero-order valence-corrected chi connectivity index (χ0v) is 13.8. The lowest BCUT2D eigenvalue weighted by Crippen LogP contribution is -2.31. The van der Waals surface area contributed by atoms with Gasteiger partial charge in [0.2, 0.25) is 0 Å². The number of benzene rings is 2. The molecule has 128 valence electrons. The van der Waals surface area contributed by atoms with Gasteiger partial charge in [0.15, 0.2) is 0 Å². The Bertz CT molecular complexity index is 668. The Morgan fingerprint density at radius 3 is 2.50 bits per heavy atom. The van der Waals surface area contributed by atoms with Crippen LogP contribution in [0.2, 0.25) is 0 Å². The molecule has 0 atom stereocenters. The van der Waals surface area contributed by atoms with Crippen LogP contribution in [-0.2, 0) is 0 Å². The summed E-state index contributed by atoms with van der Waals surface area (Å²) in [6, 6.07) is 11.0. The quantitative estimate of drug-likeness (QED) is 0.699. The fourth-order valence-corrected chi connectivity index (χ4v) is 3.18. The lowest BCUT2D eigenvalue weighted by Gasteiger charge is -2.26. The van der Waals surface area contributed by atoms with E-state index in [-0.39, 0.29) is 0 Å². The third-order valence-electron chi connectivity index (χ3n) is 4.43. The molecular weight excluding hydrogens is 308 g/mol. The highest BCUT2D eigenvalue weighted by Crippen LogP contribution is 2.32. The summed E-state index contributed by atoms with van der Waals surface area (Å²) in [5, 5.41) is 0. The average molecular weight is 331 g/mol. The average Bonchev–Trinajstić information content (AvgIpc) is 2.60. The molecule has 0 spiro atoms. The van der Waals surface area contributed by atoms with Crippen LogP contribution in [0.3, 0.4) is 0 Å². The van der Waals surface area contributed by atoms with Gasteiger partial charge in [0.1, 0.15) is 17.4 Å². The van der Waals surface area contributed by atoms with Gasteiger partial charge in [-0.1, -0.05) is 24.6 Å². The third kappa shape index (κ3) is 4.32. The highest BCUT2D eigenvalue weighted by Gasteiger charge is 2.12. The SMILES string of the molecule is Fc1ccc(-c2ccccc2OCCCN2CCCCC2)c(F)c1. The molecule has 0 saturated carbocycles. The van der Waals surface area contributed by atoms with E-state index in [1.807, 2.05) is 18.2 Å². The molecule has 2 aromatic carbocycles. The fraction of sp³-hybridized carbons (Fsp3) is 0.400. The molecule has 4 heteroatoms. The number of halogens is 2. The van der Waals surface area contributed by atoms with Crippen molar-refractivity contribution in [2.75, 3.05) is 26.2 Å². The molecule has 1 heterocycles. The number of rotatable bonds is 6. The van der Waals surface area contributed by atoms with Gasteiger partial charge < -0.3 is 9.64 Å². The van der Waals surface area contributed by atoms with Crippen molar-refractivity contribution < 1.29 is 13.5 Å². The van der Waals surface area contributed by atoms with Gasteiger partial charge >= 0.3 is 0 Å². The summed E-state index contributed by atoms with van der Waals surface area (Å²) >= 11 is 0. The Morgan fingerprint density at radius 1 is 0.917 bits per heavy atom. The first-order valence-corrected chi connectivity index (χ1v) is 8.63. The molecule has 1 aliphatic heterocycles. The minimum Gasteiger partial charge on any atom is -0.493 e. The summed E-state index contributed by atoms with van der Waals surface area (Å²) in [6.45, 7) is 3.98. The smallest absolute Gasteiger partial charge is 0.134 e. The number of para-hydroxylation sites is 1. The van der Waals surface area contributed by atoms with E-state index < -0.39 is 11.6 Å². The lowest BCUT2D eigenvalue weighted by atomic mass is 10.0. The molecule has 1 saturated heterocycles. The van der Waals surface area contributed by atoms with Crippen molar-refractivity contribution in [1.29, 1.82) is 0 Å². The van der Waals surface area contributed by atoms with E-state index in [4.69, 9.17) is 4.74 Å². The van der Waals surface area contributed by atoms with Crippen LogP contribution in [0.1, 0.15) is 25.7 Å². The summed E-state index contributed by atoms with van der Waals surface area (Å²) in [5.74, 6) is -0.503.